The largest absolute Gasteiger partial charge is 0.491 e. The molecule has 0 rings (SSSR count). The first-order chi connectivity index (χ1) is 6.70. The van der Waals surface area contributed by atoms with Gasteiger partial charge in [-0.3, -0.25) is 11.2 Å². The number of esters is 1. The average molecular weight is 467 g/mol. The minimum absolute atomic E-state index is 0. The molecule has 0 fully saturated rings. The molecule has 0 radical (unpaired) electrons. The first-order valence-corrected chi connectivity index (χ1v) is 5.37. The summed E-state index contributed by atoms with van der Waals surface area (Å²) in [6.45, 7) is 5.12. The van der Waals surface area contributed by atoms with E-state index < -0.39 is 0 Å². The predicted octanol–water partition coefficient (Wildman–Crippen LogP) is 1.92. The van der Waals surface area contributed by atoms with E-state index >= 15 is 0 Å². The van der Waals surface area contributed by atoms with Crippen molar-refractivity contribution in [3.05, 3.63) is 6.42 Å². The number of nitrogens with one attached hydrogen (secondary N) is 1. The van der Waals surface area contributed by atoms with Gasteiger partial charge < -0.3 is 10.1 Å². The van der Waals surface area contributed by atoms with Gasteiger partial charge in [0.15, 0.2) is 5.97 Å². The van der Waals surface area contributed by atoms with E-state index in [0.29, 0.717) is 0 Å². The molecule has 0 aromatic carbocycles. The van der Waals surface area contributed by atoms with E-state index in [-0.39, 0.29) is 12.0 Å². The molecule has 0 amide bonds. The van der Waals surface area contributed by atoms with Crippen molar-refractivity contribution >= 4 is 5.97 Å². The summed E-state index contributed by atoms with van der Waals surface area (Å²) in [6.07, 6.45) is 6.53. The minimum atomic E-state index is -0.265. The average Bonchev–Trinajstić information content (AvgIpc) is 2.17. The zero-order valence-corrected chi connectivity index (χ0v) is 16.6. The predicted molar refractivity (Wildman–Crippen MR) is 57.9 cm³/mol. The molecule has 0 aliphatic rings. The number of methoxy groups -OCH3 is 1. The molecule has 0 aromatic heterocycles. The van der Waals surface area contributed by atoms with Crippen LogP contribution in [0.15, 0.2) is 0 Å². The summed E-state index contributed by atoms with van der Waals surface area (Å²) in [7, 11) is 1.40. The first-order valence-electron chi connectivity index (χ1n) is 5.37. The van der Waals surface area contributed by atoms with Crippen LogP contribution in [0.3, 0.4) is 0 Å². The number of hydrogen-bond donors (Lipinski definition) is 1. The van der Waals surface area contributed by atoms with Crippen LogP contribution < -0.4 is 5.32 Å². The third kappa shape index (κ3) is 10.2. The maximum Gasteiger partial charge on any atom is 0.167 e. The first kappa shape index (κ1) is 15.8. The van der Waals surface area contributed by atoms with E-state index in [2.05, 4.69) is 17.0 Å². The molecule has 0 bridgehead atoms. The second kappa shape index (κ2) is 10.4. The summed E-state index contributed by atoms with van der Waals surface area (Å²) in [5, 5.41) is 3.25. The molecule has 15 heavy (non-hydrogen) atoms. The van der Waals surface area contributed by atoms with Crippen molar-refractivity contribution in [2.24, 2.45) is 0 Å². The van der Waals surface area contributed by atoms with Crippen molar-refractivity contribution in [3.8, 4) is 0 Å². The molecule has 0 heterocycles. The van der Waals surface area contributed by atoms with Crippen LogP contribution in [0.5, 0.6) is 0 Å². The summed E-state index contributed by atoms with van der Waals surface area (Å²) in [4.78, 5) is 10.8. The van der Waals surface area contributed by atoms with Gasteiger partial charge in [-0.05, 0) is 13.0 Å². The Labute approximate surface area is 87.2 Å². The van der Waals surface area contributed by atoms with Crippen LogP contribution in [-0.2, 0) is 9.53 Å². The molecule has 0 aliphatic heterocycles. The van der Waals surface area contributed by atoms with Crippen LogP contribution in [0.4, 0.5) is 0 Å². The number of carbonyl (C=O) groups is 1. The summed E-state index contributed by atoms with van der Waals surface area (Å²) < 4.78 is 4.53. The quantitative estimate of drug-likeness (QED) is 0.337. The van der Waals surface area contributed by atoms with Gasteiger partial charge in [-0.1, -0.05) is 39.2 Å². The third-order valence-electron chi connectivity index (χ3n) is 2.08. The Bertz CT molecular complexity index is 154. The molecule has 0 aliphatic carbocycles. The standard InChI is InChI=1S/C11H22NO2.Rf/c1-4-5-6-7-8-12-10(2)9-11(13)14-3;/h9-10,12H,4-8H2,1-3H3;/q-1;. The smallest absolute Gasteiger partial charge is 0.167 e. The summed E-state index contributed by atoms with van der Waals surface area (Å²) in [5.41, 5.74) is 0. The maximum absolute atomic E-state index is 10.8. The molecule has 1 N–H and O–H groups in total. The zero-order valence-electron chi connectivity index (χ0n) is 10.2. The fraction of sp³-hybridized carbons (Fsp3) is 0.818. The summed E-state index contributed by atoms with van der Waals surface area (Å²) in [5.74, 6) is -0.265. The second-order valence-corrected chi connectivity index (χ2v) is 3.49. The number of carbonyl (C=O) groups excluding carboxylic acids is 1. The van der Waals surface area contributed by atoms with E-state index in [1.165, 1.54) is 32.8 Å². The van der Waals surface area contributed by atoms with Crippen LogP contribution in [0.25, 0.3) is 0 Å². The molecule has 3 nitrogen and oxygen atoms in total. The third-order valence-corrected chi connectivity index (χ3v) is 2.08. The van der Waals surface area contributed by atoms with Gasteiger partial charge >= 0.3 is 0 Å². The molecule has 0 saturated heterocycles. The van der Waals surface area contributed by atoms with Gasteiger partial charge in [0.2, 0.25) is 0 Å². The molecule has 1 unspecified atom stereocenters. The molecule has 0 aromatic rings. The molecule has 1 atom stereocenters. The number of rotatable bonds is 8. The van der Waals surface area contributed by atoms with Gasteiger partial charge in [-0.25, -0.2) is 0 Å². The molecular weight excluding hydrogens is 445 g/mol. The molecule has 0 spiro atoms. The molecule has 4 heteroatoms. The van der Waals surface area contributed by atoms with Crippen molar-refractivity contribution in [2.75, 3.05) is 13.7 Å². The van der Waals surface area contributed by atoms with Crippen molar-refractivity contribution < 1.29 is 9.53 Å². The molecular formula is C11H22NO2Rf-. The Hall–Kier alpha value is -1.70. The Morgan fingerprint density at radius 1 is 1.40 bits per heavy atom. The van der Waals surface area contributed by atoms with E-state index in [1.54, 1.807) is 6.42 Å². The number of hydrogen-bond acceptors (Lipinski definition) is 3. The van der Waals surface area contributed by atoms with Gasteiger partial charge in [0.25, 0.3) is 0 Å². The van der Waals surface area contributed by atoms with Crippen LogP contribution in [0.2, 0.25) is 0 Å². The van der Waals surface area contributed by atoms with Crippen molar-refractivity contribution in [1.29, 1.82) is 0 Å². The van der Waals surface area contributed by atoms with Crippen molar-refractivity contribution in [3.63, 3.8) is 0 Å². The minimum Gasteiger partial charge on any atom is -0.491 e. The molecule has 0 saturated carbocycles. The Morgan fingerprint density at radius 2 is 2.07 bits per heavy atom. The number of ether oxygens (including phenoxy) is 1. The Kier molecular flexibility index (Phi) is 10.9. The van der Waals surface area contributed by atoms with Crippen molar-refractivity contribution in [2.45, 2.75) is 45.6 Å². The van der Waals surface area contributed by atoms with Crippen LogP contribution in [0, 0.1) is 6.42 Å². The maximum atomic E-state index is 10.8. The van der Waals surface area contributed by atoms with E-state index in [1.807, 2.05) is 6.92 Å². The SMILES string of the molecule is CCCCCCNC(C)[CH-]C(=O)OC.[Rf]. The van der Waals surface area contributed by atoms with Gasteiger partial charge in [0.05, 0.1) is 7.11 Å². The summed E-state index contributed by atoms with van der Waals surface area (Å²) in [6, 6.07) is 0.101. The van der Waals surface area contributed by atoms with E-state index in [9.17, 15) is 4.79 Å². The van der Waals surface area contributed by atoms with E-state index in [4.69, 9.17) is 0 Å². The number of unbranched alkanes of at least 4 members (excludes halogenated alkanes) is 3. The van der Waals surface area contributed by atoms with Gasteiger partial charge in [-0.2, -0.15) is 0 Å². The van der Waals surface area contributed by atoms with Crippen LogP contribution >= 0.6 is 0 Å². The van der Waals surface area contributed by atoms with Gasteiger partial charge in [0.1, 0.15) is 0 Å². The normalized spacial score (nSPS) is 11.4. The Balaban J connectivity index is 0. The fourth-order valence-corrected chi connectivity index (χ4v) is 1.21. The van der Waals surface area contributed by atoms with Crippen LogP contribution in [-0.4, -0.2) is 25.7 Å². The monoisotopic (exact) mass is 467 g/mol. The van der Waals surface area contributed by atoms with Gasteiger partial charge in [-0.15, -0.1) is 0 Å². The zero-order chi connectivity index (χ0) is 10.8. The van der Waals surface area contributed by atoms with Crippen molar-refractivity contribution in [1.82, 2.24) is 5.32 Å². The topological polar surface area (TPSA) is 38.3 Å². The van der Waals surface area contributed by atoms with E-state index in [0.717, 1.165) is 6.54 Å². The second-order valence-electron chi connectivity index (χ2n) is 3.49. The summed E-state index contributed by atoms with van der Waals surface area (Å²) >= 11 is 0. The van der Waals surface area contributed by atoms with Gasteiger partial charge in [0, 0.05) is 0 Å². The van der Waals surface area contributed by atoms with Crippen LogP contribution in [0.1, 0.15) is 39.5 Å². The Morgan fingerprint density at radius 3 is 2.60 bits per heavy atom. The fourth-order valence-electron chi connectivity index (χ4n) is 1.21. The molecule has 86 valence electrons.